The number of carbonyl (C=O) groups is 2. The molecule has 1 amide bonds. The van der Waals surface area contributed by atoms with Crippen molar-refractivity contribution >= 4 is 17.4 Å². The van der Waals surface area contributed by atoms with E-state index in [-0.39, 0.29) is 23.5 Å². The summed E-state index contributed by atoms with van der Waals surface area (Å²) in [4.78, 5) is 25.9. The highest BCUT2D eigenvalue weighted by molar-refractivity contribution is 6.17. The molecular weight excluding hydrogens is 443 g/mol. The standard InChI is InChI=1S/C26H20F3N3O2/c1-17-9-11-19(12-10-17)24(33)22-7-2-3-8-23(22)25(34)31-21-14-30-32(16-21)15-18-5-4-6-20(13-18)26(27,28)29/h2-14,16H,15H2,1H3,(H,31,34). The number of benzene rings is 3. The van der Waals surface area contributed by atoms with E-state index in [0.29, 0.717) is 16.8 Å². The van der Waals surface area contributed by atoms with Crippen molar-refractivity contribution in [1.29, 1.82) is 0 Å². The van der Waals surface area contributed by atoms with Crippen molar-refractivity contribution in [1.82, 2.24) is 9.78 Å². The van der Waals surface area contributed by atoms with E-state index in [0.717, 1.165) is 17.7 Å². The minimum absolute atomic E-state index is 0.0995. The minimum atomic E-state index is -4.43. The van der Waals surface area contributed by atoms with Gasteiger partial charge in [-0.3, -0.25) is 14.3 Å². The van der Waals surface area contributed by atoms with E-state index >= 15 is 0 Å². The van der Waals surface area contributed by atoms with Crippen LogP contribution >= 0.6 is 0 Å². The number of hydrogen-bond donors (Lipinski definition) is 1. The first-order chi connectivity index (χ1) is 16.2. The Balaban J connectivity index is 1.50. The quantitative estimate of drug-likeness (QED) is 0.371. The fraction of sp³-hybridized carbons (Fsp3) is 0.115. The molecule has 0 radical (unpaired) electrons. The van der Waals surface area contributed by atoms with Crippen molar-refractivity contribution in [3.63, 3.8) is 0 Å². The third kappa shape index (κ3) is 5.23. The largest absolute Gasteiger partial charge is 0.416 e. The zero-order valence-corrected chi connectivity index (χ0v) is 18.1. The summed E-state index contributed by atoms with van der Waals surface area (Å²) in [7, 11) is 0. The Morgan fingerprint density at radius 3 is 2.35 bits per heavy atom. The lowest BCUT2D eigenvalue weighted by Gasteiger charge is -2.09. The summed E-state index contributed by atoms with van der Waals surface area (Å²) in [6, 6.07) is 18.6. The molecule has 8 heteroatoms. The number of aryl methyl sites for hydroxylation is 1. The molecule has 1 heterocycles. The predicted molar refractivity (Wildman–Crippen MR) is 122 cm³/mol. The van der Waals surface area contributed by atoms with E-state index in [2.05, 4.69) is 10.4 Å². The molecule has 172 valence electrons. The third-order valence-electron chi connectivity index (χ3n) is 5.22. The van der Waals surface area contributed by atoms with E-state index in [1.165, 1.54) is 23.1 Å². The maximum Gasteiger partial charge on any atom is 0.416 e. The molecule has 1 N–H and O–H groups in total. The van der Waals surface area contributed by atoms with E-state index in [1.54, 1.807) is 42.5 Å². The van der Waals surface area contributed by atoms with Crippen LogP contribution in [0, 0.1) is 6.92 Å². The molecule has 0 saturated heterocycles. The Morgan fingerprint density at radius 2 is 1.65 bits per heavy atom. The predicted octanol–water partition coefficient (Wildman–Crippen LogP) is 5.74. The van der Waals surface area contributed by atoms with Crippen LogP contribution in [0.3, 0.4) is 0 Å². The smallest absolute Gasteiger partial charge is 0.319 e. The van der Waals surface area contributed by atoms with Crippen LogP contribution in [-0.4, -0.2) is 21.5 Å². The summed E-state index contributed by atoms with van der Waals surface area (Å²) in [5.74, 6) is -0.763. The van der Waals surface area contributed by atoms with Crippen LogP contribution in [0.25, 0.3) is 0 Å². The molecular formula is C26H20F3N3O2. The van der Waals surface area contributed by atoms with Crippen molar-refractivity contribution < 1.29 is 22.8 Å². The first-order valence-corrected chi connectivity index (χ1v) is 10.4. The van der Waals surface area contributed by atoms with Gasteiger partial charge in [-0.1, -0.05) is 60.2 Å². The molecule has 0 aliphatic rings. The number of aromatic nitrogens is 2. The molecule has 1 aromatic heterocycles. The van der Waals surface area contributed by atoms with Crippen molar-refractivity contribution in [3.8, 4) is 0 Å². The number of ketones is 1. The van der Waals surface area contributed by atoms with Gasteiger partial charge in [-0.05, 0) is 30.7 Å². The SMILES string of the molecule is Cc1ccc(C(=O)c2ccccc2C(=O)Nc2cnn(Cc3cccc(C(F)(F)F)c3)c2)cc1. The van der Waals surface area contributed by atoms with Gasteiger partial charge in [0, 0.05) is 17.3 Å². The number of nitrogens with one attached hydrogen (secondary N) is 1. The number of nitrogens with zero attached hydrogens (tertiary/aromatic N) is 2. The van der Waals surface area contributed by atoms with Gasteiger partial charge in [0.15, 0.2) is 5.78 Å². The summed E-state index contributed by atoms with van der Waals surface area (Å²) in [5, 5.41) is 6.82. The Bertz CT molecular complexity index is 1340. The van der Waals surface area contributed by atoms with Crippen molar-refractivity contribution in [3.05, 3.63) is 119 Å². The zero-order chi connectivity index (χ0) is 24.3. The van der Waals surface area contributed by atoms with E-state index in [4.69, 9.17) is 0 Å². The Labute approximate surface area is 193 Å². The Hall–Kier alpha value is -4.20. The highest BCUT2D eigenvalue weighted by atomic mass is 19.4. The second kappa shape index (κ2) is 9.35. The molecule has 0 unspecified atom stereocenters. The third-order valence-corrected chi connectivity index (χ3v) is 5.22. The molecule has 0 aliphatic heterocycles. The van der Waals surface area contributed by atoms with Gasteiger partial charge >= 0.3 is 6.18 Å². The molecule has 3 aromatic carbocycles. The number of rotatable bonds is 6. The highest BCUT2D eigenvalue weighted by Gasteiger charge is 2.30. The lowest BCUT2D eigenvalue weighted by molar-refractivity contribution is -0.137. The molecule has 0 spiro atoms. The van der Waals surface area contributed by atoms with Gasteiger partial charge in [0.1, 0.15) is 0 Å². The van der Waals surface area contributed by atoms with Crippen LogP contribution < -0.4 is 5.32 Å². The van der Waals surface area contributed by atoms with E-state index < -0.39 is 17.6 Å². The van der Waals surface area contributed by atoms with Gasteiger partial charge in [-0.2, -0.15) is 18.3 Å². The topological polar surface area (TPSA) is 64.0 Å². The van der Waals surface area contributed by atoms with Crippen LogP contribution in [0.15, 0.2) is 85.2 Å². The van der Waals surface area contributed by atoms with Crippen LogP contribution in [0.2, 0.25) is 0 Å². The minimum Gasteiger partial charge on any atom is -0.319 e. The number of carbonyl (C=O) groups excluding carboxylic acids is 2. The molecule has 0 atom stereocenters. The molecule has 0 bridgehead atoms. The maximum atomic E-state index is 13.0. The lowest BCUT2D eigenvalue weighted by atomic mass is 9.97. The van der Waals surface area contributed by atoms with Crippen molar-refractivity contribution in [2.45, 2.75) is 19.6 Å². The normalized spacial score (nSPS) is 11.3. The zero-order valence-electron chi connectivity index (χ0n) is 18.1. The number of halogens is 3. The van der Waals surface area contributed by atoms with Gasteiger partial charge < -0.3 is 5.32 Å². The molecule has 34 heavy (non-hydrogen) atoms. The summed E-state index contributed by atoms with van der Waals surface area (Å²) in [6.07, 6.45) is -1.51. The highest BCUT2D eigenvalue weighted by Crippen LogP contribution is 2.29. The first-order valence-electron chi connectivity index (χ1n) is 10.4. The van der Waals surface area contributed by atoms with Gasteiger partial charge in [0.25, 0.3) is 5.91 Å². The fourth-order valence-electron chi connectivity index (χ4n) is 3.49. The second-order valence-corrected chi connectivity index (χ2v) is 7.82. The average Bonchev–Trinajstić information content (AvgIpc) is 3.25. The molecule has 0 aliphatic carbocycles. The molecule has 0 saturated carbocycles. The number of alkyl halides is 3. The Kier molecular flexibility index (Phi) is 6.32. The lowest BCUT2D eigenvalue weighted by Crippen LogP contribution is -2.16. The van der Waals surface area contributed by atoms with E-state index in [9.17, 15) is 22.8 Å². The second-order valence-electron chi connectivity index (χ2n) is 7.82. The van der Waals surface area contributed by atoms with Crippen LogP contribution in [0.1, 0.15) is 43.0 Å². The average molecular weight is 463 g/mol. The summed E-state index contributed by atoms with van der Waals surface area (Å²) < 4.78 is 40.2. The van der Waals surface area contributed by atoms with Crippen LogP contribution in [0.4, 0.5) is 18.9 Å². The van der Waals surface area contributed by atoms with Gasteiger partial charge in [0.2, 0.25) is 0 Å². The number of hydrogen-bond acceptors (Lipinski definition) is 3. The van der Waals surface area contributed by atoms with E-state index in [1.807, 2.05) is 19.1 Å². The molecule has 4 rings (SSSR count). The number of anilines is 1. The van der Waals surface area contributed by atoms with Gasteiger partial charge in [-0.15, -0.1) is 0 Å². The van der Waals surface area contributed by atoms with Gasteiger partial charge in [0.05, 0.1) is 29.6 Å². The summed E-state index contributed by atoms with van der Waals surface area (Å²) in [5.41, 5.74) is 2.00. The summed E-state index contributed by atoms with van der Waals surface area (Å²) >= 11 is 0. The summed E-state index contributed by atoms with van der Waals surface area (Å²) in [6.45, 7) is 2.02. The van der Waals surface area contributed by atoms with Crippen molar-refractivity contribution in [2.75, 3.05) is 5.32 Å². The maximum absolute atomic E-state index is 13.0. The molecule has 5 nitrogen and oxygen atoms in total. The van der Waals surface area contributed by atoms with Crippen LogP contribution in [0.5, 0.6) is 0 Å². The monoisotopic (exact) mass is 463 g/mol. The van der Waals surface area contributed by atoms with Crippen LogP contribution in [-0.2, 0) is 12.7 Å². The first kappa shape index (κ1) is 23.0. The number of amides is 1. The van der Waals surface area contributed by atoms with Crippen molar-refractivity contribution in [2.24, 2.45) is 0 Å². The molecule has 0 fully saturated rings. The Morgan fingerprint density at radius 1 is 0.941 bits per heavy atom. The fourth-order valence-corrected chi connectivity index (χ4v) is 3.49. The molecule has 4 aromatic rings. The van der Waals surface area contributed by atoms with Gasteiger partial charge in [-0.25, -0.2) is 0 Å².